The van der Waals surface area contributed by atoms with Gasteiger partial charge in [-0.15, -0.1) is 0 Å². The van der Waals surface area contributed by atoms with Crippen LogP contribution in [0.3, 0.4) is 0 Å². The van der Waals surface area contributed by atoms with Crippen LogP contribution >= 0.6 is 11.6 Å². The van der Waals surface area contributed by atoms with E-state index in [0.29, 0.717) is 29.2 Å². The zero-order chi connectivity index (χ0) is 16.8. The number of carboxylic acid groups (broad SMARTS) is 1. The molecule has 0 aliphatic carbocycles. The standard InChI is InChI=1S/C17H20ClNO4/c1-3-17(16(21)22)9-12-4-5-14(17)19(12)15(20)10-6-11(18)8-13(7-10)23-2/h6-8,12,14H,3-5,9H2,1-2H3,(H,21,22)/t12-,14+,17+/m0/s1. The molecule has 2 bridgehead atoms. The van der Waals surface area contributed by atoms with Crippen molar-refractivity contribution < 1.29 is 19.4 Å². The van der Waals surface area contributed by atoms with Crippen LogP contribution in [0.2, 0.25) is 5.02 Å². The van der Waals surface area contributed by atoms with Crippen LogP contribution < -0.4 is 4.74 Å². The van der Waals surface area contributed by atoms with Gasteiger partial charge in [-0.05, 0) is 43.9 Å². The molecule has 0 radical (unpaired) electrons. The summed E-state index contributed by atoms with van der Waals surface area (Å²) >= 11 is 6.06. The van der Waals surface area contributed by atoms with E-state index in [1.54, 1.807) is 23.1 Å². The number of fused-ring (bicyclic) bond motifs is 2. The maximum atomic E-state index is 13.0. The highest BCUT2D eigenvalue weighted by Gasteiger charge is 2.60. The summed E-state index contributed by atoms with van der Waals surface area (Å²) in [5.74, 6) is -0.434. The smallest absolute Gasteiger partial charge is 0.311 e. The van der Waals surface area contributed by atoms with Gasteiger partial charge in [-0.25, -0.2) is 0 Å². The molecule has 2 aliphatic rings. The third kappa shape index (κ3) is 2.38. The number of carbonyl (C=O) groups is 2. The number of nitrogens with zero attached hydrogens (tertiary/aromatic N) is 1. The first-order valence-electron chi connectivity index (χ1n) is 7.83. The molecule has 1 aromatic rings. The SMILES string of the molecule is CC[C@@]1(C(=O)O)C[C@@H]2CC[C@H]1N2C(=O)c1cc(Cl)cc(OC)c1. The topological polar surface area (TPSA) is 66.8 Å². The minimum Gasteiger partial charge on any atom is -0.497 e. The minimum atomic E-state index is -0.818. The summed E-state index contributed by atoms with van der Waals surface area (Å²) < 4.78 is 5.17. The van der Waals surface area contributed by atoms with Crippen LogP contribution in [0, 0.1) is 5.41 Å². The van der Waals surface area contributed by atoms with E-state index in [2.05, 4.69) is 0 Å². The maximum absolute atomic E-state index is 13.0. The predicted molar refractivity (Wildman–Crippen MR) is 86.0 cm³/mol. The number of methoxy groups -OCH3 is 1. The predicted octanol–water partition coefficient (Wildman–Crippen LogP) is 3.21. The number of amides is 1. The second-order valence-electron chi connectivity index (χ2n) is 6.36. The number of ether oxygens (including phenoxy) is 1. The van der Waals surface area contributed by atoms with Crippen LogP contribution in [0.5, 0.6) is 5.75 Å². The number of aliphatic carboxylic acids is 1. The Morgan fingerprint density at radius 2 is 2.13 bits per heavy atom. The lowest BCUT2D eigenvalue weighted by Crippen LogP contribution is -2.44. The fourth-order valence-corrected chi connectivity index (χ4v) is 4.43. The largest absolute Gasteiger partial charge is 0.497 e. The van der Waals surface area contributed by atoms with E-state index in [4.69, 9.17) is 16.3 Å². The van der Waals surface area contributed by atoms with Crippen molar-refractivity contribution in [2.45, 2.75) is 44.7 Å². The van der Waals surface area contributed by atoms with Gasteiger partial charge >= 0.3 is 5.97 Å². The van der Waals surface area contributed by atoms with Crippen molar-refractivity contribution in [3.63, 3.8) is 0 Å². The number of rotatable bonds is 4. The number of halogens is 1. The van der Waals surface area contributed by atoms with Crippen LogP contribution in [0.15, 0.2) is 18.2 Å². The highest BCUT2D eigenvalue weighted by Crippen LogP contribution is 2.52. The van der Waals surface area contributed by atoms with Gasteiger partial charge in [0.15, 0.2) is 0 Å². The first kappa shape index (κ1) is 16.1. The Hall–Kier alpha value is -1.75. The lowest BCUT2D eigenvalue weighted by atomic mass is 9.72. The van der Waals surface area contributed by atoms with Crippen LogP contribution in [0.1, 0.15) is 43.0 Å². The van der Waals surface area contributed by atoms with Crippen LogP contribution in [-0.2, 0) is 4.79 Å². The van der Waals surface area contributed by atoms with E-state index >= 15 is 0 Å². The van der Waals surface area contributed by atoms with Gasteiger partial charge in [0.05, 0.1) is 12.5 Å². The third-order valence-corrected chi connectivity index (χ3v) is 5.60. The average Bonchev–Trinajstić information content (AvgIpc) is 3.09. The molecule has 2 saturated heterocycles. The van der Waals surface area contributed by atoms with Gasteiger partial charge in [0, 0.05) is 22.7 Å². The van der Waals surface area contributed by atoms with Crippen molar-refractivity contribution in [1.29, 1.82) is 0 Å². The Kier molecular flexibility index (Phi) is 4.00. The quantitative estimate of drug-likeness (QED) is 0.916. The number of hydrogen-bond donors (Lipinski definition) is 1. The lowest BCUT2D eigenvalue weighted by molar-refractivity contribution is -0.151. The van der Waals surface area contributed by atoms with E-state index in [1.165, 1.54) is 7.11 Å². The molecule has 1 aromatic carbocycles. The number of benzene rings is 1. The zero-order valence-electron chi connectivity index (χ0n) is 13.2. The van der Waals surface area contributed by atoms with Gasteiger partial charge in [0.25, 0.3) is 5.91 Å². The Morgan fingerprint density at radius 1 is 1.39 bits per heavy atom. The van der Waals surface area contributed by atoms with Gasteiger partial charge in [-0.2, -0.15) is 0 Å². The third-order valence-electron chi connectivity index (χ3n) is 5.39. The van der Waals surface area contributed by atoms with Crippen molar-refractivity contribution >= 4 is 23.5 Å². The van der Waals surface area contributed by atoms with Gasteiger partial charge < -0.3 is 14.7 Å². The Bertz CT molecular complexity index is 662. The molecule has 2 aliphatic heterocycles. The van der Waals surface area contributed by atoms with Crippen molar-refractivity contribution in [2.24, 2.45) is 5.41 Å². The summed E-state index contributed by atoms with van der Waals surface area (Å²) in [7, 11) is 1.52. The highest BCUT2D eigenvalue weighted by molar-refractivity contribution is 6.31. The van der Waals surface area contributed by atoms with Crippen LogP contribution in [0.4, 0.5) is 0 Å². The van der Waals surface area contributed by atoms with E-state index in [9.17, 15) is 14.7 Å². The Morgan fingerprint density at radius 3 is 2.70 bits per heavy atom. The lowest BCUT2D eigenvalue weighted by Gasteiger charge is -2.32. The summed E-state index contributed by atoms with van der Waals surface area (Å²) in [5, 5.41) is 10.1. The fourth-order valence-electron chi connectivity index (χ4n) is 4.20. The van der Waals surface area contributed by atoms with Crippen molar-refractivity contribution in [1.82, 2.24) is 4.90 Å². The molecule has 3 atom stereocenters. The first-order valence-corrected chi connectivity index (χ1v) is 8.21. The number of hydrogen-bond acceptors (Lipinski definition) is 3. The average molecular weight is 338 g/mol. The normalized spacial score (nSPS) is 28.9. The van der Waals surface area contributed by atoms with Gasteiger partial charge in [-0.3, -0.25) is 9.59 Å². The summed E-state index contributed by atoms with van der Waals surface area (Å²) in [6, 6.07) is 4.66. The van der Waals surface area contributed by atoms with Crippen molar-refractivity contribution in [3.8, 4) is 5.75 Å². The molecular formula is C17H20ClNO4. The Balaban J connectivity index is 1.95. The van der Waals surface area contributed by atoms with E-state index in [-0.39, 0.29) is 18.0 Å². The highest BCUT2D eigenvalue weighted by atomic mass is 35.5. The van der Waals surface area contributed by atoms with Gasteiger partial charge in [-0.1, -0.05) is 18.5 Å². The van der Waals surface area contributed by atoms with E-state index in [0.717, 1.165) is 12.8 Å². The molecule has 124 valence electrons. The molecule has 0 spiro atoms. The van der Waals surface area contributed by atoms with Gasteiger partial charge in [0.2, 0.25) is 0 Å². The molecule has 2 fully saturated rings. The molecule has 23 heavy (non-hydrogen) atoms. The van der Waals surface area contributed by atoms with Crippen molar-refractivity contribution in [2.75, 3.05) is 7.11 Å². The molecule has 5 nitrogen and oxygen atoms in total. The molecule has 0 saturated carbocycles. The number of carbonyl (C=O) groups excluding carboxylic acids is 1. The fraction of sp³-hybridized carbons (Fsp3) is 0.529. The second kappa shape index (κ2) is 5.71. The summed E-state index contributed by atoms with van der Waals surface area (Å²) in [6.45, 7) is 1.89. The zero-order valence-corrected chi connectivity index (χ0v) is 14.0. The molecule has 6 heteroatoms. The van der Waals surface area contributed by atoms with Crippen LogP contribution in [0.25, 0.3) is 0 Å². The van der Waals surface area contributed by atoms with Gasteiger partial charge in [0.1, 0.15) is 5.75 Å². The molecule has 1 amide bonds. The summed E-state index contributed by atoms with van der Waals surface area (Å²) in [6.07, 6.45) is 2.68. The van der Waals surface area contributed by atoms with Crippen molar-refractivity contribution in [3.05, 3.63) is 28.8 Å². The minimum absolute atomic E-state index is 0.00599. The Labute approximate surface area is 140 Å². The van der Waals surface area contributed by atoms with Crippen LogP contribution in [-0.4, -0.2) is 41.1 Å². The summed E-state index contributed by atoms with van der Waals surface area (Å²) in [4.78, 5) is 26.6. The molecular weight excluding hydrogens is 318 g/mol. The second-order valence-corrected chi connectivity index (χ2v) is 6.79. The first-order chi connectivity index (χ1) is 10.9. The molecule has 3 rings (SSSR count). The molecule has 1 N–H and O–H groups in total. The maximum Gasteiger partial charge on any atom is 0.311 e. The monoisotopic (exact) mass is 337 g/mol. The molecule has 0 unspecified atom stereocenters. The van der Waals surface area contributed by atoms with E-state index in [1.807, 2.05) is 6.92 Å². The number of carboxylic acids is 1. The summed E-state index contributed by atoms with van der Waals surface area (Å²) in [5.41, 5.74) is -0.370. The van der Waals surface area contributed by atoms with E-state index < -0.39 is 11.4 Å². The molecule has 0 aromatic heterocycles. The molecule has 2 heterocycles.